The van der Waals surface area contributed by atoms with Crippen LogP contribution in [-0.4, -0.2) is 73.6 Å². The molecule has 194 valence electrons. The third-order valence-electron chi connectivity index (χ3n) is 6.51. The molecule has 0 bridgehead atoms. The number of fused-ring (bicyclic) bond motifs is 1. The maximum atomic E-state index is 13.9. The second-order valence-electron chi connectivity index (χ2n) is 8.97. The van der Waals surface area contributed by atoms with E-state index in [1.165, 1.54) is 16.2 Å². The van der Waals surface area contributed by atoms with Crippen molar-refractivity contribution in [1.82, 2.24) is 9.88 Å². The average Bonchev–Trinajstić information content (AvgIpc) is 3.50. The zero-order chi connectivity index (χ0) is 25.8. The number of nitrogens with zero attached hydrogens (tertiary/aromatic N) is 4. The van der Waals surface area contributed by atoms with Crippen LogP contribution in [0.2, 0.25) is 0 Å². The summed E-state index contributed by atoms with van der Waals surface area (Å²) >= 11 is 1.45. The number of hydrogen-bond donors (Lipinski definition) is 0. The molecular formula is C27H30N4O5S. The van der Waals surface area contributed by atoms with Crippen molar-refractivity contribution in [2.45, 2.75) is 26.2 Å². The highest BCUT2D eigenvalue weighted by Crippen LogP contribution is 2.35. The summed E-state index contributed by atoms with van der Waals surface area (Å²) in [5, 5.41) is 0.591. The lowest BCUT2D eigenvalue weighted by Gasteiger charge is -2.28. The van der Waals surface area contributed by atoms with Gasteiger partial charge in [0.2, 0.25) is 11.8 Å². The Morgan fingerprint density at radius 2 is 1.86 bits per heavy atom. The Morgan fingerprint density at radius 1 is 1.11 bits per heavy atom. The predicted octanol–water partition coefficient (Wildman–Crippen LogP) is 3.72. The summed E-state index contributed by atoms with van der Waals surface area (Å²) < 4.78 is 12.1. The van der Waals surface area contributed by atoms with Gasteiger partial charge in [0.15, 0.2) is 5.13 Å². The van der Waals surface area contributed by atoms with Crippen molar-refractivity contribution >= 4 is 50.1 Å². The summed E-state index contributed by atoms with van der Waals surface area (Å²) in [6.45, 7) is 6.98. The summed E-state index contributed by atoms with van der Waals surface area (Å²) in [5.41, 5.74) is 1.56. The van der Waals surface area contributed by atoms with Gasteiger partial charge in [-0.05, 0) is 43.7 Å². The van der Waals surface area contributed by atoms with E-state index in [0.717, 1.165) is 49.5 Å². The zero-order valence-electron chi connectivity index (χ0n) is 20.9. The number of aromatic nitrogens is 1. The number of morpholine rings is 1. The molecule has 0 radical (unpaired) electrons. The molecule has 0 aliphatic carbocycles. The van der Waals surface area contributed by atoms with Crippen LogP contribution < -0.4 is 14.5 Å². The lowest BCUT2D eigenvalue weighted by atomic mass is 10.1. The van der Waals surface area contributed by atoms with E-state index in [1.54, 1.807) is 29.2 Å². The lowest BCUT2D eigenvalue weighted by molar-refractivity contribution is -0.121. The largest absolute Gasteiger partial charge is 0.492 e. The topological polar surface area (TPSA) is 92.3 Å². The molecule has 3 amide bonds. The third-order valence-corrected chi connectivity index (χ3v) is 7.55. The Labute approximate surface area is 219 Å². The van der Waals surface area contributed by atoms with Crippen LogP contribution in [0.4, 0.5) is 10.8 Å². The lowest BCUT2D eigenvalue weighted by Crippen LogP contribution is -2.39. The Morgan fingerprint density at radius 3 is 2.62 bits per heavy atom. The Bertz CT molecular complexity index is 1290. The van der Waals surface area contributed by atoms with E-state index in [9.17, 15) is 14.4 Å². The van der Waals surface area contributed by atoms with Crippen molar-refractivity contribution < 1.29 is 23.9 Å². The van der Waals surface area contributed by atoms with Gasteiger partial charge in [0, 0.05) is 44.6 Å². The molecule has 2 saturated heterocycles. The number of anilines is 2. The van der Waals surface area contributed by atoms with Crippen LogP contribution in [0.1, 0.15) is 36.5 Å². The molecule has 2 fully saturated rings. The summed E-state index contributed by atoms with van der Waals surface area (Å²) in [4.78, 5) is 48.5. The zero-order valence-corrected chi connectivity index (χ0v) is 21.7. The molecule has 0 atom stereocenters. The second-order valence-corrected chi connectivity index (χ2v) is 9.98. The molecule has 37 heavy (non-hydrogen) atoms. The second kappa shape index (κ2) is 11.4. The molecule has 2 aromatic carbocycles. The number of rotatable bonds is 9. The number of carbonyl (C=O) groups is 3. The number of thiazole rings is 1. The molecular weight excluding hydrogens is 492 g/mol. The van der Waals surface area contributed by atoms with Gasteiger partial charge in [0.05, 0.1) is 30.2 Å². The first-order chi connectivity index (χ1) is 18.0. The van der Waals surface area contributed by atoms with Gasteiger partial charge in [-0.2, -0.15) is 0 Å². The minimum Gasteiger partial charge on any atom is -0.492 e. The van der Waals surface area contributed by atoms with Gasteiger partial charge >= 0.3 is 0 Å². The van der Waals surface area contributed by atoms with E-state index in [2.05, 4.69) is 4.90 Å². The molecule has 3 heterocycles. The number of benzene rings is 2. The highest BCUT2D eigenvalue weighted by molar-refractivity contribution is 7.22. The number of para-hydroxylation sites is 1. The van der Waals surface area contributed by atoms with Crippen molar-refractivity contribution in [3.8, 4) is 5.75 Å². The van der Waals surface area contributed by atoms with Gasteiger partial charge in [-0.3, -0.25) is 29.1 Å². The first-order valence-electron chi connectivity index (χ1n) is 12.7. The Kier molecular flexibility index (Phi) is 7.78. The Balaban J connectivity index is 1.44. The monoisotopic (exact) mass is 522 g/mol. The van der Waals surface area contributed by atoms with E-state index in [1.807, 2.05) is 25.1 Å². The van der Waals surface area contributed by atoms with Gasteiger partial charge in [-0.25, -0.2) is 4.98 Å². The molecule has 9 nitrogen and oxygen atoms in total. The maximum Gasteiger partial charge on any atom is 0.260 e. The molecule has 0 N–H and O–H groups in total. The van der Waals surface area contributed by atoms with Crippen LogP contribution in [0.3, 0.4) is 0 Å². The first-order valence-corrected chi connectivity index (χ1v) is 13.5. The van der Waals surface area contributed by atoms with E-state index >= 15 is 0 Å². The number of hydrogen-bond acceptors (Lipinski definition) is 8. The smallest absolute Gasteiger partial charge is 0.260 e. The van der Waals surface area contributed by atoms with Crippen LogP contribution in [-0.2, 0) is 14.3 Å². The predicted molar refractivity (Wildman–Crippen MR) is 143 cm³/mol. The van der Waals surface area contributed by atoms with Crippen molar-refractivity contribution in [2.24, 2.45) is 0 Å². The van der Waals surface area contributed by atoms with E-state index in [0.29, 0.717) is 35.3 Å². The molecule has 0 saturated carbocycles. The van der Waals surface area contributed by atoms with Crippen LogP contribution >= 0.6 is 11.3 Å². The molecule has 2 aliphatic rings. The standard InChI is InChI=1S/C27H30N4O5S/c1-2-36-21-8-4-9-22-25(21)28-27(37-22)30(13-5-12-29-14-16-35-17-15-29)26(34)19-6-3-7-20(18-19)31-23(32)10-11-24(31)33/h3-4,6-9,18H,2,5,10-17H2,1H3. The van der Waals surface area contributed by atoms with Crippen LogP contribution in [0.25, 0.3) is 10.2 Å². The van der Waals surface area contributed by atoms with Crippen molar-refractivity contribution in [3.63, 3.8) is 0 Å². The number of carbonyl (C=O) groups excluding carboxylic acids is 3. The maximum absolute atomic E-state index is 13.9. The SMILES string of the molecule is CCOc1cccc2sc(N(CCCN3CCOCC3)C(=O)c3cccc(N4C(=O)CCC4=O)c3)nc12. The van der Waals surface area contributed by atoms with Gasteiger partial charge in [-0.15, -0.1) is 0 Å². The molecule has 3 aromatic rings. The molecule has 0 spiro atoms. The summed E-state index contributed by atoms with van der Waals surface area (Å²) in [7, 11) is 0. The van der Waals surface area contributed by atoms with Gasteiger partial charge in [0.25, 0.3) is 5.91 Å². The molecule has 5 rings (SSSR count). The van der Waals surface area contributed by atoms with Crippen LogP contribution in [0.15, 0.2) is 42.5 Å². The molecule has 1 aromatic heterocycles. The number of ether oxygens (including phenoxy) is 2. The Hall–Kier alpha value is -3.34. The highest BCUT2D eigenvalue weighted by atomic mass is 32.1. The minimum absolute atomic E-state index is 0.193. The first kappa shape index (κ1) is 25.3. The van der Waals surface area contributed by atoms with E-state index in [4.69, 9.17) is 14.5 Å². The van der Waals surface area contributed by atoms with Crippen LogP contribution in [0.5, 0.6) is 5.75 Å². The van der Waals surface area contributed by atoms with Crippen LogP contribution in [0, 0.1) is 0 Å². The summed E-state index contributed by atoms with van der Waals surface area (Å²) in [6, 6.07) is 12.5. The van der Waals surface area contributed by atoms with Crippen molar-refractivity contribution in [2.75, 3.05) is 55.8 Å². The number of imide groups is 1. The van der Waals surface area contributed by atoms with E-state index < -0.39 is 0 Å². The summed E-state index contributed by atoms with van der Waals surface area (Å²) in [6.07, 6.45) is 1.15. The fourth-order valence-corrected chi connectivity index (χ4v) is 5.67. The highest BCUT2D eigenvalue weighted by Gasteiger charge is 2.31. The average molecular weight is 523 g/mol. The quantitative estimate of drug-likeness (QED) is 0.396. The fourth-order valence-electron chi connectivity index (χ4n) is 4.66. The minimum atomic E-state index is -0.244. The van der Waals surface area contributed by atoms with Gasteiger partial charge < -0.3 is 9.47 Å². The van der Waals surface area contributed by atoms with Crippen molar-refractivity contribution in [3.05, 3.63) is 48.0 Å². The molecule has 10 heteroatoms. The molecule has 2 aliphatic heterocycles. The van der Waals surface area contributed by atoms with Gasteiger partial charge in [-0.1, -0.05) is 23.5 Å². The van der Waals surface area contributed by atoms with Crippen molar-refractivity contribution in [1.29, 1.82) is 0 Å². The molecule has 0 unspecified atom stereocenters. The summed E-state index contributed by atoms with van der Waals surface area (Å²) in [5.74, 6) is -0.0191. The fraction of sp³-hybridized carbons (Fsp3) is 0.407. The number of amides is 3. The van der Waals surface area contributed by atoms with Gasteiger partial charge in [0.1, 0.15) is 11.3 Å². The van der Waals surface area contributed by atoms with E-state index in [-0.39, 0.29) is 30.6 Å². The third kappa shape index (κ3) is 5.51. The normalized spacial score (nSPS) is 16.5.